The first kappa shape index (κ1) is 12.6. The van der Waals surface area contributed by atoms with Crippen molar-refractivity contribution in [3.8, 4) is 0 Å². The second-order valence-corrected chi connectivity index (χ2v) is 5.25. The van der Waals surface area contributed by atoms with Gasteiger partial charge in [-0.3, -0.25) is 9.58 Å². The van der Waals surface area contributed by atoms with Crippen molar-refractivity contribution < 1.29 is 5.11 Å². The fraction of sp³-hybridized carbons (Fsp3) is 0.769. The maximum Gasteiger partial charge on any atom is 0.0758 e. The molecule has 1 aromatic rings. The van der Waals surface area contributed by atoms with E-state index in [0.29, 0.717) is 0 Å². The summed E-state index contributed by atoms with van der Waals surface area (Å²) in [6.07, 6.45) is 1.85. The number of hydrogen-bond acceptors (Lipinski definition) is 3. The van der Waals surface area contributed by atoms with Gasteiger partial charge in [-0.2, -0.15) is 5.10 Å². The van der Waals surface area contributed by atoms with Crippen molar-refractivity contribution in [3.05, 3.63) is 17.5 Å². The van der Waals surface area contributed by atoms with Crippen molar-refractivity contribution in [1.82, 2.24) is 14.7 Å². The van der Waals surface area contributed by atoms with E-state index in [2.05, 4.69) is 34.6 Å². The van der Waals surface area contributed by atoms with Gasteiger partial charge in [-0.15, -0.1) is 0 Å². The second kappa shape index (κ2) is 4.78. The highest BCUT2D eigenvalue weighted by Gasteiger charge is 2.31. The minimum atomic E-state index is -0.509. The third kappa shape index (κ3) is 2.87. The maximum absolute atomic E-state index is 9.96. The molecule has 1 saturated heterocycles. The van der Waals surface area contributed by atoms with Gasteiger partial charge in [-0.05, 0) is 32.8 Å². The Balaban J connectivity index is 2.05. The standard InChI is InChI=1S/C13H23N3O/c1-4-11-8-12(16(5-2)14-11)9-15-7-6-13(3,17)10-15/h8,17H,4-7,9-10H2,1-3H3. The Hall–Kier alpha value is -0.870. The summed E-state index contributed by atoms with van der Waals surface area (Å²) in [4.78, 5) is 2.31. The van der Waals surface area contributed by atoms with Crippen LogP contribution in [0.3, 0.4) is 0 Å². The molecule has 0 amide bonds. The van der Waals surface area contributed by atoms with Gasteiger partial charge in [0.15, 0.2) is 0 Å². The Kier molecular flexibility index (Phi) is 3.54. The Morgan fingerprint density at radius 3 is 2.76 bits per heavy atom. The third-order valence-corrected chi connectivity index (χ3v) is 3.49. The molecule has 0 saturated carbocycles. The van der Waals surface area contributed by atoms with Gasteiger partial charge in [0, 0.05) is 26.2 Å². The zero-order valence-corrected chi connectivity index (χ0v) is 11.1. The lowest BCUT2D eigenvalue weighted by Crippen LogP contribution is -2.30. The normalized spacial score (nSPS) is 25.6. The summed E-state index contributed by atoms with van der Waals surface area (Å²) < 4.78 is 2.08. The molecule has 17 heavy (non-hydrogen) atoms. The molecule has 0 aliphatic carbocycles. The van der Waals surface area contributed by atoms with Crippen LogP contribution >= 0.6 is 0 Å². The summed E-state index contributed by atoms with van der Waals surface area (Å²) in [5.74, 6) is 0. The van der Waals surface area contributed by atoms with E-state index in [1.54, 1.807) is 0 Å². The summed E-state index contributed by atoms with van der Waals surface area (Å²) in [6, 6.07) is 2.19. The van der Waals surface area contributed by atoms with Crippen LogP contribution in [0.15, 0.2) is 6.07 Å². The zero-order valence-electron chi connectivity index (χ0n) is 11.1. The minimum absolute atomic E-state index is 0.509. The first-order valence-corrected chi connectivity index (χ1v) is 6.54. The van der Waals surface area contributed by atoms with E-state index in [1.165, 1.54) is 5.69 Å². The zero-order chi connectivity index (χ0) is 12.5. The fourth-order valence-corrected chi connectivity index (χ4v) is 2.49. The molecule has 0 aromatic carbocycles. The largest absolute Gasteiger partial charge is 0.389 e. The molecule has 1 unspecified atom stereocenters. The highest BCUT2D eigenvalue weighted by atomic mass is 16.3. The topological polar surface area (TPSA) is 41.3 Å². The van der Waals surface area contributed by atoms with Crippen molar-refractivity contribution in [2.75, 3.05) is 13.1 Å². The van der Waals surface area contributed by atoms with E-state index in [9.17, 15) is 5.11 Å². The van der Waals surface area contributed by atoms with Crippen LogP contribution in [-0.4, -0.2) is 38.5 Å². The average Bonchev–Trinajstić information content (AvgIpc) is 2.82. The van der Waals surface area contributed by atoms with Gasteiger partial charge in [0.05, 0.1) is 17.0 Å². The summed E-state index contributed by atoms with van der Waals surface area (Å²) in [5.41, 5.74) is 1.92. The van der Waals surface area contributed by atoms with Gasteiger partial charge in [0.2, 0.25) is 0 Å². The van der Waals surface area contributed by atoms with Crippen LogP contribution in [-0.2, 0) is 19.5 Å². The number of aliphatic hydroxyl groups is 1. The lowest BCUT2D eigenvalue weighted by Gasteiger charge is -2.18. The molecule has 2 heterocycles. The molecular weight excluding hydrogens is 214 g/mol. The third-order valence-electron chi connectivity index (χ3n) is 3.49. The van der Waals surface area contributed by atoms with Crippen LogP contribution < -0.4 is 0 Å². The van der Waals surface area contributed by atoms with Crippen molar-refractivity contribution in [3.63, 3.8) is 0 Å². The van der Waals surface area contributed by atoms with E-state index in [0.717, 1.165) is 44.7 Å². The molecule has 96 valence electrons. The second-order valence-electron chi connectivity index (χ2n) is 5.25. The molecular formula is C13H23N3O. The van der Waals surface area contributed by atoms with Crippen LogP contribution in [0.5, 0.6) is 0 Å². The van der Waals surface area contributed by atoms with E-state index in [4.69, 9.17) is 0 Å². The molecule has 2 rings (SSSR count). The highest BCUT2D eigenvalue weighted by Crippen LogP contribution is 2.22. The molecule has 1 N–H and O–H groups in total. The van der Waals surface area contributed by atoms with Crippen molar-refractivity contribution >= 4 is 0 Å². The Morgan fingerprint density at radius 1 is 1.47 bits per heavy atom. The minimum Gasteiger partial charge on any atom is -0.389 e. The van der Waals surface area contributed by atoms with Crippen molar-refractivity contribution in [2.24, 2.45) is 0 Å². The van der Waals surface area contributed by atoms with Crippen molar-refractivity contribution in [2.45, 2.75) is 52.3 Å². The number of β-amino-alcohol motifs (C(OH)–C–C–N with tert-alkyl or cyclic N) is 1. The average molecular weight is 237 g/mol. The molecule has 1 aromatic heterocycles. The molecule has 4 nitrogen and oxygen atoms in total. The van der Waals surface area contributed by atoms with Gasteiger partial charge in [0.1, 0.15) is 0 Å². The summed E-state index contributed by atoms with van der Waals surface area (Å²) >= 11 is 0. The molecule has 1 atom stereocenters. The molecule has 0 radical (unpaired) electrons. The van der Waals surface area contributed by atoms with Crippen LogP contribution in [0.4, 0.5) is 0 Å². The fourth-order valence-electron chi connectivity index (χ4n) is 2.49. The predicted octanol–water partition coefficient (Wildman–Crippen LogP) is 1.42. The number of rotatable bonds is 4. The predicted molar refractivity (Wildman–Crippen MR) is 67.8 cm³/mol. The van der Waals surface area contributed by atoms with Crippen LogP contribution in [0.1, 0.15) is 38.6 Å². The molecule has 0 bridgehead atoms. The quantitative estimate of drug-likeness (QED) is 0.861. The molecule has 1 fully saturated rings. The molecule has 1 aliphatic heterocycles. The number of likely N-dealkylation sites (tertiary alicyclic amines) is 1. The number of aryl methyl sites for hydroxylation is 2. The van der Waals surface area contributed by atoms with Gasteiger partial charge >= 0.3 is 0 Å². The van der Waals surface area contributed by atoms with Crippen LogP contribution in [0.2, 0.25) is 0 Å². The maximum atomic E-state index is 9.96. The lowest BCUT2D eigenvalue weighted by atomic mass is 10.1. The number of hydrogen-bond donors (Lipinski definition) is 1. The lowest BCUT2D eigenvalue weighted by molar-refractivity contribution is 0.0675. The Labute approximate surface area is 103 Å². The van der Waals surface area contributed by atoms with Gasteiger partial charge in [-0.1, -0.05) is 6.92 Å². The van der Waals surface area contributed by atoms with Gasteiger partial charge in [0.25, 0.3) is 0 Å². The Bertz CT molecular complexity index is 384. The molecule has 4 heteroatoms. The van der Waals surface area contributed by atoms with Gasteiger partial charge in [-0.25, -0.2) is 0 Å². The SMILES string of the molecule is CCc1cc(CN2CCC(C)(O)C2)n(CC)n1. The molecule has 1 aliphatic rings. The summed E-state index contributed by atoms with van der Waals surface area (Å²) in [5, 5.41) is 14.5. The molecule has 0 spiro atoms. The Morgan fingerprint density at radius 2 is 2.24 bits per heavy atom. The van der Waals surface area contributed by atoms with E-state index < -0.39 is 5.60 Å². The first-order valence-electron chi connectivity index (χ1n) is 6.54. The van der Waals surface area contributed by atoms with E-state index in [1.807, 2.05) is 6.92 Å². The van der Waals surface area contributed by atoms with Crippen LogP contribution in [0.25, 0.3) is 0 Å². The van der Waals surface area contributed by atoms with Crippen LogP contribution in [0, 0.1) is 0 Å². The van der Waals surface area contributed by atoms with E-state index in [-0.39, 0.29) is 0 Å². The summed E-state index contributed by atoms with van der Waals surface area (Å²) in [7, 11) is 0. The van der Waals surface area contributed by atoms with E-state index >= 15 is 0 Å². The van der Waals surface area contributed by atoms with Gasteiger partial charge < -0.3 is 5.11 Å². The smallest absolute Gasteiger partial charge is 0.0758 e. The number of nitrogens with zero attached hydrogens (tertiary/aromatic N) is 3. The number of aromatic nitrogens is 2. The highest BCUT2D eigenvalue weighted by molar-refractivity contribution is 5.11. The summed E-state index contributed by atoms with van der Waals surface area (Å²) in [6.45, 7) is 9.73. The first-order chi connectivity index (χ1) is 8.04. The monoisotopic (exact) mass is 237 g/mol. The van der Waals surface area contributed by atoms with Crippen molar-refractivity contribution in [1.29, 1.82) is 0 Å².